The molecule has 124 valence electrons. The van der Waals surface area contributed by atoms with Crippen molar-refractivity contribution in [3.05, 3.63) is 18.1 Å². The number of piperazine rings is 1. The van der Waals surface area contributed by atoms with E-state index in [1.54, 1.807) is 9.80 Å². The highest BCUT2D eigenvalue weighted by Gasteiger charge is 2.31. The summed E-state index contributed by atoms with van der Waals surface area (Å²) < 4.78 is 10.4. The molecular formula is C15H20N4O4. The average Bonchev–Trinajstić information content (AvgIpc) is 3.15. The summed E-state index contributed by atoms with van der Waals surface area (Å²) in [6, 6.07) is 1.52. The molecule has 23 heavy (non-hydrogen) atoms. The van der Waals surface area contributed by atoms with E-state index in [-0.39, 0.29) is 17.9 Å². The molecule has 3 rings (SSSR count). The molecule has 1 aromatic heterocycles. The minimum absolute atomic E-state index is 0.0401. The van der Waals surface area contributed by atoms with E-state index in [2.05, 4.69) is 9.97 Å². The lowest BCUT2D eigenvalue weighted by atomic mass is 10.2. The van der Waals surface area contributed by atoms with Crippen LogP contribution in [0.2, 0.25) is 0 Å². The molecule has 0 radical (unpaired) electrons. The number of carbonyl (C=O) groups is 2. The monoisotopic (exact) mass is 320 g/mol. The van der Waals surface area contributed by atoms with Crippen LogP contribution >= 0.6 is 0 Å². The van der Waals surface area contributed by atoms with Crippen molar-refractivity contribution in [2.45, 2.75) is 18.9 Å². The number of aromatic nitrogens is 2. The van der Waals surface area contributed by atoms with E-state index in [9.17, 15) is 9.59 Å². The van der Waals surface area contributed by atoms with Crippen LogP contribution in [0.4, 0.5) is 0 Å². The van der Waals surface area contributed by atoms with E-state index >= 15 is 0 Å². The van der Waals surface area contributed by atoms with E-state index in [1.165, 1.54) is 19.5 Å². The Bertz CT molecular complexity index is 581. The first-order chi connectivity index (χ1) is 11.2. The first-order valence-electron chi connectivity index (χ1n) is 7.75. The lowest BCUT2D eigenvalue weighted by Crippen LogP contribution is -2.52. The highest BCUT2D eigenvalue weighted by molar-refractivity contribution is 5.92. The number of carbonyl (C=O) groups excluding carboxylic acids is 2. The minimum atomic E-state index is -0.302. The number of hydrogen-bond acceptors (Lipinski definition) is 6. The molecular weight excluding hydrogens is 300 g/mol. The standard InChI is InChI=1S/C15H20N4O4/c1-22-13-9-11(16-10-17-13)14(20)18-4-6-19(7-5-18)15(21)12-3-2-8-23-12/h9-10,12H,2-8H2,1H3. The predicted molar refractivity (Wildman–Crippen MR) is 80.0 cm³/mol. The van der Waals surface area contributed by atoms with Gasteiger partial charge in [0.2, 0.25) is 5.88 Å². The van der Waals surface area contributed by atoms with Crippen LogP contribution in [0, 0.1) is 0 Å². The first kappa shape index (κ1) is 15.7. The summed E-state index contributed by atoms with van der Waals surface area (Å²) in [6.07, 6.45) is 2.73. The minimum Gasteiger partial charge on any atom is -0.481 e. The van der Waals surface area contributed by atoms with Gasteiger partial charge in [-0.05, 0) is 12.8 Å². The Kier molecular flexibility index (Phi) is 4.71. The Labute approximate surface area is 134 Å². The molecule has 1 atom stereocenters. The van der Waals surface area contributed by atoms with Crippen molar-refractivity contribution >= 4 is 11.8 Å². The lowest BCUT2D eigenvalue weighted by molar-refractivity contribution is -0.142. The van der Waals surface area contributed by atoms with Crippen molar-refractivity contribution in [1.29, 1.82) is 0 Å². The molecule has 0 aliphatic carbocycles. The fourth-order valence-corrected chi connectivity index (χ4v) is 2.84. The number of ether oxygens (including phenoxy) is 2. The molecule has 1 aromatic rings. The van der Waals surface area contributed by atoms with Gasteiger partial charge in [-0.25, -0.2) is 9.97 Å². The fourth-order valence-electron chi connectivity index (χ4n) is 2.84. The van der Waals surface area contributed by atoms with Gasteiger partial charge < -0.3 is 19.3 Å². The molecule has 8 heteroatoms. The van der Waals surface area contributed by atoms with Gasteiger partial charge in [-0.1, -0.05) is 0 Å². The maximum atomic E-state index is 12.5. The highest BCUT2D eigenvalue weighted by atomic mass is 16.5. The van der Waals surface area contributed by atoms with Crippen molar-refractivity contribution in [3.8, 4) is 5.88 Å². The van der Waals surface area contributed by atoms with Crippen molar-refractivity contribution in [1.82, 2.24) is 19.8 Å². The molecule has 0 N–H and O–H groups in total. The van der Waals surface area contributed by atoms with Crippen LogP contribution in [0.15, 0.2) is 12.4 Å². The van der Waals surface area contributed by atoms with Crippen LogP contribution in [0.1, 0.15) is 23.3 Å². The molecule has 0 aromatic carbocycles. The first-order valence-corrected chi connectivity index (χ1v) is 7.75. The van der Waals surface area contributed by atoms with Crippen molar-refractivity contribution in [2.24, 2.45) is 0 Å². The van der Waals surface area contributed by atoms with Crippen molar-refractivity contribution < 1.29 is 19.1 Å². The second kappa shape index (κ2) is 6.91. The van der Waals surface area contributed by atoms with Crippen LogP contribution in [0.25, 0.3) is 0 Å². The number of rotatable bonds is 3. The summed E-state index contributed by atoms with van der Waals surface area (Å²) in [7, 11) is 1.49. The van der Waals surface area contributed by atoms with Crippen LogP contribution in [0.5, 0.6) is 5.88 Å². The molecule has 8 nitrogen and oxygen atoms in total. The van der Waals surface area contributed by atoms with E-state index < -0.39 is 0 Å². The van der Waals surface area contributed by atoms with Gasteiger partial charge in [-0.2, -0.15) is 0 Å². The Balaban J connectivity index is 1.57. The number of amides is 2. The molecule has 2 saturated heterocycles. The Morgan fingerprint density at radius 1 is 1.22 bits per heavy atom. The predicted octanol–water partition coefficient (Wildman–Crippen LogP) is -0.0514. The van der Waals surface area contributed by atoms with Gasteiger partial charge in [0, 0.05) is 38.9 Å². The Morgan fingerprint density at radius 3 is 2.61 bits per heavy atom. The Morgan fingerprint density at radius 2 is 1.96 bits per heavy atom. The van der Waals surface area contributed by atoms with Gasteiger partial charge in [0.25, 0.3) is 11.8 Å². The molecule has 2 fully saturated rings. The van der Waals surface area contributed by atoms with Gasteiger partial charge in [0.05, 0.1) is 7.11 Å². The summed E-state index contributed by atoms with van der Waals surface area (Å²) in [5, 5.41) is 0. The average molecular weight is 320 g/mol. The molecule has 1 unspecified atom stereocenters. The van der Waals surface area contributed by atoms with E-state index in [0.29, 0.717) is 44.4 Å². The third kappa shape index (κ3) is 3.42. The zero-order valence-corrected chi connectivity index (χ0v) is 13.1. The Hall–Kier alpha value is -2.22. The lowest BCUT2D eigenvalue weighted by Gasteiger charge is -2.35. The van der Waals surface area contributed by atoms with Crippen LogP contribution in [-0.4, -0.2) is 77.6 Å². The quantitative estimate of drug-likeness (QED) is 0.776. The molecule has 0 spiro atoms. The van der Waals surface area contributed by atoms with Gasteiger partial charge in [0.15, 0.2) is 0 Å². The highest BCUT2D eigenvalue weighted by Crippen LogP contribution is 2.17. The van der Waals surface area contributed by atoms with Crippen molar-refractivity contribution in [3.63, 3.8) is 0 Å². The maximum Gasteiger partial charge on any atom is 0.272 e. The van der Waals surface area contributed by atoms with Crippen molar-refractivity contribution in [2.75, 3.05) is 39.9 Å². The third-order valence-electron chi connectivity index (χ3n) is 4.15. The molecule has 2 aliphatic heterocycles. The molecule has 2 aliphatic rings. The van der Waals surface area contributed by atoms with E-state index in [0.717, 1.165) is 12.8 Å². The largest absolute Gasteiger partial charge is 0.481 e. The number of hydrogen-bond donors (Lipinski definition) is 0. The van der Waals surface area contributed by atoms with Gasteiger partial charge in [0.1, 0.15) is 18.1 Å². The van der Waals surface area contributed by atoms with Crippen LogP contribution in [-0.2, 0) is 9.53 Å². The summed E-state index contributed by atoms with van der Waals surface area (Å²) in [4.78, 5) is 36.1. The topological polar surface area (TPSA) is 84.9 Å². The third-order valence-corrected chi connectivity index (χ3v) is 4.15. The second-order valence-corrected chi connectivity index (χ2v) is 5.56. The molecule has 2 amide bonds. The summed E-state index contributed by atoms with van der Waals surface area (Å²) >= 11 is 0. The summed E-state index contributed by atoms with van der Waals surface area (Å²) in [6.45, 7) is 2.68. The van der Waals surface area contributed by atoms with Gasteiger partial charge in [-0.3, -0.25) is 9.59 Å². The van der Waals surface area contributed by atoms with E-state index in [4.69, 9.17) is 9.47 Å². The zero-order valence-electron chi connectivity index (χ0n) is 13.1. The van der Waals surface area contributed by atoms with Crippen LogP contribution < -0.4 is 4.74 Å². The SMILES string of the molecule is COc1cc(C(=O)N2CCN(C(=O)C3CCCO3)CC2)ncn1. The molecule has 0 saturated carbocycles. The number of nitrogens with zero attached hydrogens (tertiary/aromatic N) is 4. The van der Waals surface area contributed by atoms with Gasteiger partial charge >= 0.3 is 0 Å². The number of methoxy groups -OCH3 is 1. The zero-order chi connectivity index (χ0) is 16.2. The fraction of sp³-hybridized carbons (Fsp3) is 0.600. The van der Waals surface area contributed by atoms with Gasteiger partial charge in [-0.15, -0.1) is 0 Å². The second-order valence-electron chi connectivity index (χ2n) is 5.56. The molecule has 3 heterocycles. The summed E-state index contributed by atoms with van der Waals surface area (Å²) in [5.41, 5.74) is 0.302. The molecule has 0 bridgehead atoms. The summed E-state index contributed by atoms with van der Waals surface area (Å²) in [5.74, 6) is 0.226. The smallest absolute Gasteiger partial charge is 0.272 e. The van der Waals surface area contributed by atoms with E-state index in [1.807, 2.05) is 0 Å². The maximum absolute atomic E-state index is 12.5. The normalized spacial score (nSPS) is 21.3. The van der Waals surface area contributed by atoms with Crippen LogP contribution in [0.3, 0.4) is 0 Å².